The van der Waals surface area contributed by atoms with Crippen molar-refractivity contribution in [3.63, 3.8) is 0 Å². The molecule has 0 saturated carbocycles. The van der Waals surface area contributed by atoms with Crippen molar-refractivity contribution in [2.45, 2.75) is 12.5 Å². The molecule has 0 unspecified atom stereocenters. The number of hydrogen-bond acceptors (Lipinski definition) is 5. The Bertz CT molecular complexity index is 1120. The first kappa shape index (κ1) is 19.5. The molecule has 0 bridgehead atoms. The molecular formula is C22H18F2N4O2. The normalized spacial score (nSPS) is 11.3. The number of pyridine rings is 2. The molecule has 0 aliphatic carbocycles. The molecule has 8 heteroatoms. The van der Waals surface area contributed by atoms with Crippen LogP contribution >= 0.6 is 0 Å². The van der Waals surface area contributed by atoms with Crippen LogP contribution in [0.25, 0.3) is 11.1 Å². The molecule has 3 aromatic heterocycles. The van der Waals surface area contributed by atoms with Crippen LogP contribution in [0.15, 0.2) is 79.4 Å². The highest BCUT2D eigenvalue weighted by atomic mass is 19.3. The molecule has 0 aliphatic rings. The molecule has 0 aliphatic heterocycles. The van der Waals surface area contributed by atoms with Crippen molar-refractivity contribution < 1.29 is 18.3 Å². The molecule has 0 radical (unpaired) electrons. The Morgan fingerprint density at radius 1 is 0.933 bits per heavy atom. The summed E-state index contributed by atoms with van der Waals surface area (Å²) in [6, 6.07) is 15.4. The van der Waals surface area contributed by atoms with Gasteiger partial charge >= 0.3 is 5.92 Å². The number of alkyl halides is 2. The minimum atomic E-state index is -3.17. The number of benzene rings is 1. The zero-order valence-corrected chi connectivity index (χ0v) is 16.1. The molecule has 152 valence electrons. The summed E-state index contributed by atoms with van der Waals surface area (Å²) >= 11 is 0. The van der Waals surface area contributed by atoms with Gasteiger partial charge in [-0.05, 0) is 36.4 Å². The van der Waals surface area contributed by atoms with Crippen LogP contribution in [0.1, 0.15) is 5.69 Å². The molecule has 1 aromatic carbocycles. The van der Waals surface area contributed by atoms with Gasteiger partial charge in [0.2, 0.25) is 5.88 Å². The summed E-state index contributed by atoms with van der Waals surface area (Å²) in [4.78, 5) is 8.18. The second-order valence-electron chi connectivity index (χ2n) is 6.45. The van der Waals surface area contributed by atoms with Crippen molar-refractivity contribution >= 4 is 0 Å². The second-order valence-corrected chi connectivity index (χ2v) is 6.45. The number of nitrogens with zero attached hydrogens (tertiary/aromatic N) is 4. The van der Waals surface area contributed by atoms with Gasteiger partial charge in [0.1, 0.15) is 23.7 Å². The van der Waals surface area contributed by atoms with E-state index in [4.69, 9.17) is 9.47 Å². The van der Waals surface area contributed by atoms with E-state index < -0.39 is 12.5 Å². The van der Waals surface area contributed by atoms with Gasteiger partial charge in [0.25, 0.3) is 0 Å². The molecule has 0 N–H and O–H groups in total. The number of para-hydroxylation sites is 1. The Labute approximate surface area is 171 Å². The Kier molecular flexibility index (Phi) is 5.38. The molecule has 30 heavy (non-hydrogen) atoms. The third-order valence-corrected chi connectivity index (χ3v) is 4.41. The average molecular weight is 408 g/mol. The third-order valence-electron chi connectivity index (χ3n) is 4.41. The lowest BCUT2D eigenvalue weighted by atomic mass is 10.1. The highest BCUT2D eigenvalue weighted by Gasteiger charge is 2.34. The van der Waals surface area contributed by atoms with Gasteiger partial charge in [0.05, 0.1) is 13.3 Å². The van der Waals surface area contributed by atoms with Crippen LogP contribution < -0.4 is 9.47 Å². The van der Waals surface area contributed by atoms with Crippen LogP contribution in [0.4, 0.5) is 8.78 Å². The number of halogens is 2. The van der Waals surface area contributed by atoms with Crippen molar-refractivity contribution in [3.8, 4) is 28.5 Å². The van der Waals surface area contributed by atoms with E-state index >= 15 is 0 Å². The number of rotatable bonds is 7. The SMILES string of the molecule is COc1ccccc1-c1cccnc1Oc1ccc(C(F)(F)Cn2cccn2)nc1. The van der Waals surface area contributed by atoms with Crippen LogP contribution in [0.3, 0.4) is 0 Å². The number of aromatic nitrogens is 4. The quantitative estimate of drug-likeness (QED) is 0.434. The summed E-state index contributed by atoms with van der Waals surface area (Å²) in [6.07, 6.45) is 5.78. The summed E-state index contributed by atoms with van der Waals surface area (Å²) in [5, 5.41) is 3.82. The maximum Gasteiger partial charge on any atom is 0.308 e. The molecule has 4 rings (SSSR count). The Hall–Kier alpha value is -3.81. The van der Waals surface area contributed by atoms with Crippen molar-refractivity contribution in [2.24, 2.45) is 0 Å². The summed E-state index contributed by atoms with van der Waals surface area (Å²) in [6.45, 7) is -0.592. The van der Waals surface area contributed by atoms with Crippen molar-refractivity contribution in [1.82, 2.24) is 19.7 Å². The highest BCUT2D eigenvalue weighted by Crippen LogP contribution is 2.37. The lowest BCUT2D eigenvalue weighted by Gasteiger charge is -2.16. The van der Waals surface area contributed by atoms with Gasteiger partial charge in [-0.25, -0.2) is 4.98 Å². The van der Waals surface area contributed by atoms with Crippen molar-refractivity contribution in [3.05, 3.63) is 85.1 Å². The molecule has 0 spiro atoms. The van der Waals surface area contributed by atoms with Crippen LogP contribution in [-0.4, -0.2) is 26.9 Å². The van der Waals surface area contributed by atoms with E-state index in [1.807, 2.05) is 30.3 Å². The monoisotopic (exact) mass is 408 g/mol. The third kappa shape index (κ3) is 4.12. The zero-order chi connectivity index (χ0) is 21.0. The molecule has 3 heterocycles. The summed E-state index contributed by atoms with van der Waals surface area (Å²) in [7, 11) is 1.59. The first-order valence-electron chi connectivity index (χ1n) is 9.15. The van der Waals surface area contributed by atoms with E-state index in [0.717, 1.165) is 5.56 Å². The standard InChI is InChI=1S/C22H18F2N4O2/c1-29-19-8-3-2-6-17(19)18-7-4-11-25-21(18)30-16-9-10-20(26-14-16)22(23,24)15-28-13-5-12-27-28/h2-14H,15H2,1H3. The molecule has 0 amide bonds. The average Bonchev–Trinajstić information content (AvgIpc) is 3.27. The molecule has 4 aromatic rings. The topological polar surface area (TPSA) is 62.1 Å². The van der Waals surface area contributed by atoms with Gasteiger partial charge in [0.15, 0.2) is 0 Å². The number of hydrogen-bond donors (Lipinski definition) is 0. The van der Waals surface area contributed by atoms with E-state index in [-0.39, 0.29) is 5.69 Å². The van der Waals surface area contributed by atoms with E-state index in [1.165, 1.54) is 35.4 Å². The minimum Gasteiger partial charge on any atom is -0.496 e. The zero-order valence-electron chi connectivity index (χ0n) is 16.1. The van der Waals surface area contributed by atoms with E-state index in [1.54, 1.807) is 25.4 Å². The van der Waals surface area contributed by atoms with E-state index in [9.17, 15) is 8.78 Å². The van der Waals surface area contributed by atoms with Crippen molar-refractivity contribution in [2.75, 3.05) is 7.11 Å². The maximum absolute atomic E-state index is 14.5. The predicted octanol–water partition coefficient (Wildman–Crippen LogP) is 4.93. The summed E-state index contributed by atoms with van der Waals surface area (Å²) < 4.78 is 41.3. The summed E-state index contributed by atoms with van der Waals surface area (Å²) in [5.41, 5.74) is 1.15. The molecular weight excluding hydrogens is 390 g/mol. The Balaban J connectivity index is 1.57. The van der Waals surface area contributed by atoms with Crippen LogP contribution in [-0.2, 0) is 12.5 Å². The second kappa shape index (κ2) is 8.28. The predicted molar refractivity (Wildman–Crippen MR) is 107 cm³/mol. The van der Waals surface area contributed by atoms with Gasteiger partial charge in [-0.15, -0.1) is 0 Å². The number of ether oxygens (including phenoxy) is 2. The van der Waals surface area contributed by atoms with Gasteiger partial charge in [-0.3, -0.25) is 9.67 Å². The lowest BCUT2D eigenvalue weighted by Crippen LogP contribution is -2.23. The molecule has 0 atom stereocenters. The fourth-order valence-electron chi connectivity index (χ4n) is 2.99. The fourth-order valence-corrected chi connectivity index (χ4v) is 2.99. The van der Waals surface area contributed by atoms with Crippen LogP contribution in [0.2, 0.25) is 0 Å². The minimum absolute atomic E-state index is 0.295. The van der Waals surface area contributed by atoms with E-state index in [0.29, 0.717) is 22.9 Å². The van der Waals surface area contributed by atoms with Gasteiger partial charge < -0.3 is 9.47 Å². The fraction of sp³-hybridized carbons (Fsp3) is 0.136. The van der Waals surface area contributed by atoms with Crippen LogP contribution in [0.5, 0.6) is 17.4 Å². The van der Waals surface area contributed by atoms with Gasteiger partial charge in [0, 0.05) is 29.7 Å². The highest BCUT2D eigenvalue weighted by molar-refractivity contribution is 5.74. The Morgan fingerprint density at radius 2 is 1.77 bits per heavy atom. The lowest BCUT2D eigenvalue weighted by molar-refractivity contribution is -0.0296. The van der Waals surface area contributed by atoms with Crippen molar-refractivity contribution in [1.29, 1.82) is 0 Å². The van der Waals surface area contributed by atoms with Crippen LogP contribution in [0, 0.1) is 0 Å². The summed E-state index contributed by atoms with van der Waals surface area (Å²) in [5.74, 6) is -1.89. The Morgan fingerprint density at radius 3 is 2.50 bits per heavy atom. The smallest absolute Gasteiger partial charge is 0.308 e. The first-order valence-corrected chi connectivity index (χ1v) is 9.15. The molecule has 6 nitrogen and oxygen atoms in total. The first-order chi connectivity index (χ1) is 14.6. The molecule has 0 saturated heterocycles. The molecule has 0 fully saturated rings. The van der Waals surface area contributed by atoms with Gasteiger partial charge in [-0.2, -0.15) is 13.9 Å². The van der Waals surface area contributed by atoms with E-state index in [2.05, 4.69) is 15.1 Å². The number of methoxy groups -OCH3 is 1. The maximum atomic E-state index is 14.5. The van der Waals surface area contributed by atoms with Gasteiger partial charge in [-0.1, -0.05) is 18.2 Å². The largest absolute Gasteiger partial charge is 0.496 e.